The maximum absolute atomic E-state index is 5.97. The third-order valence-corrected chi connectivity index (χ3v) is 5.56. The maximum Gasteiger partial charge on any atom is 0.00928 e. The molecular weight excluding hydrogens is 220 g/mol. The van der Waals surface area contributed by atoms with Crippen molar-refractivity contribution in [2.75, 3.05) is 19.6 Å². The van der Waals surface area contributed by atoms with Crippen LogP contribution in [0.2, 0.25) is 0 Å². The first-order valence-electron chi connectivity index (χ1n) is 8.06. The number of hydrogen-bond acceptors (Lipinski definition) is 2. The summed E-state index contributed by atoms with van der Waals surface area (Å²) in [6.45, 7) is 10.8. The van der Waals surface area contributed by atoms with Crippen LogP contribution in [0.25, 0.3) is 0 Å². The molecule has 2 nitrogen and oxygen atoms in total. The molecule has 1 saturated carbocycles. The highest BCUT2D eigenvalue weighted by atomic mass is 15.2. The second-order valence-corrected chi connectivity index (χ2v) is 7.05. The van der Waals surface area contributed by atoms with Crippen LogP contribution in [0.5, 0.6) is 0 Å². The SMILES string of the molecule is CC1CC(C)C(C)N(CC2CCCCC2CN)C1. The summed E-state index contributed by atoms with van der Waals surface area (Å²) in [5.41, 5.74) is 5.97. The van der Waals surface area contributed by atoms with E-state index in [1.165, 1.54) is 45.2 Å². The van der Waals surface area contributed by atoms with E-state index in [-0.39, 0.29) is 0 Å². The maximum atomic E-state index is 5.97. The molecule has 0 aromatic carbocycles. The summed E-state index contributed by atoms with van der Waals surface area (Å²) in [6.07, 6.45) is 7.01. The Morgan fingerprint density at radius 2 is 1.72 bits per heavy atom. The molecule has 0 aromatic rings. The highest BCUT2D eigenvalue weighted by molar-refractivity contribution is 4.86. The molecule has 2 aliphatic rings. The second-order valence-electron chi connectivity index (χ2n) is 7.05. The summed E-state index contributed by atoms with van der Waals surface area (Å²) >= 11 is 0. The number of nitrogens with zero attached hydrogens (tertiary/aromatic N) is 1. The minimum absolute atomic E-state index is 0.765. The zero-order valence-electron chi connectivity index (χ0n) is 12.6. The fraction of sp³-hybridized carbons (Fsp3) is 1.00. The zero-order valence-corrected chi connectivity index (χ0v) is 12.6. The smallest absolute Gasteiger partial charge is 0.00928 e. The van der Waals surface area contributed by atoms with Gasteiger partial charge in [-0.05, 0) is 56.4 Å². The molecule has 2 fully saturated rings. The monoisotopic (exact) mass is 252 g/mol. The van der Waals surface area contributed by atoms with Crippen LogP contribution in [0.4, 0.5) is 0 Å². The van der Waals surface area contributed by atoms with E-state index < -0.39 is 0 Å². The Kier molecular flexibility index (Phi) is 5.08. The average Bonchev–Trinajstić information content (AvgIpc) is 2.36. The third kappa shape index (κ3) is 3.27. The Bertz CT molecular complexity index is 253. The molecule has 18 heavy (non-hydrogen) atoms. The molecule has 5 unspecified atom stereocenters. The lowest BCUT2D eigenvalue weighted by Gasteiger charge is -2.44. The van der Waals surface area contributed by atoms with Gasteiger partial charge in [-0.2, -0.15) is 0 Å². The molecule has 0 aromatic heterocycles. The molecule has 2 rings (SSSR count). The van der Waals surface area contributed by atoms with Crippen LogP contribution < -0.4 is 5.73 Å². The van der Waals surface area contributed by atoms with Crippen LogP contribution in [-0.4, -0.2) is 30.6 Å². The summed E-state index contributed by atoms with van der Waals surface area (Å²) in [7, 11) is 0. The number of hydrogen-bond donors (Lipinski definition) is 1. The molecule has 2 N–H and O–H groups in total. The van der Waals surface area contributed by atoms with E-state index in [1.807, 2.05) is 0 Å². The Morgan fingerprint density at radius 1 is 1.06 bits per heavy atom. The Labute approximate surface area is 113 Å². The van der Waals surface area contributed by atoms with Gasteiger partial charge in [0.2, 0.25) is 0 Å². The van der Waals surface area contributed by atoms with Gasteiger partial charge in [-0.1, -0.05) is 26.7 Å². The van der Waals surface area contributed by atoms with Crippen LogP contribution in [0, 0.1) is 23.7 Å². The van der Waals surface area contributed by atoms with E-state index in [0.717, 1.165) is 36.3 Å². The Hall–Kier alpha value is -0.0800. The van der Waals surface area contributed by atoms with Gasteiger partial charge in [0.1, 0.15) is 0 Å². The minimum atomic E-state index is 0.765. The minimum Gasteiger partial charge on any atom is -0.330 e. The Morgan fingerprint density at radius 3 is 2.39 bits per heavy atom. The van der Waals surface area contributed by atoms with Crippen molar-refractivity contribution in [2.24, 2.45) is 29.4 Å². The molecule has 2 heteroatoms. The summed E-state index contributed by atoms with van der Waals surface area (Å²) in [5.74, 6) is 3.38. The first kappa shape index (κ1) is 14.3. The van der Waals surface area contributed by atoms with Crippen LogP contribution in [0.3, 0.4) is 0 Å². The van der Waals surface area contributed by atoms with Crippen molar-refractivity contribution >= 4 is 0 Å². The third-order valence-electron chi connectivity index (χ3n) is 5.56. The van der Waals surface area contributed by atoms with E-state index in [2.05, 4.69) is 25.7 Å². The van der Waals surface area contributed by atoms with Crippen LogP contribution in [0.1, 0.15) is 52.9 Å². The van der Waals surface area contributed by atoms with Gasteiger partial charge in [-0.15, -0.1) is 0 Å². The normalized spacial score (nSPS) is 43.0. The molecule has 1 heterocycles. The molecule has 0 spiro atoms. The first-order valence-corrected chi connectivity index (χ1v) is 8.06. The lowest BCUT2D eigenvalue weighted by atomic mass is 9.77. The molecule has 0 radical (unpaired) electrons. The van der Waals surface area contributed by atoms with Crippen molar-refractivity contribution < 1.29 is 0 Å². The van der Waals surface area contributed by atoms with Crippen molar-refractivity contribution in [1.82, 2.24) is 4.90 Å². The lowest BCUT2D eigenvalue weighted by Crippen LogP contribution is -2.49. The van der Waals surface area contributed by atoms with Gasteiger partial charge >= 0.3 is 0 Å². The molecule has 106 valence electrons. The van der Waals surface area contributed by atoms with Gasteiger partial charge in [-0.25, -0.2) is 0 Å². The highest BCUT2D eigenvalue weighted by Crippen LogP contribution is 2.33. The second kappa shape index (κ2) is 6.38. The molecular formula is C16H32N2. The Balaban J connectivity index is 1.94. The van der Waals surface area contributed by atoms with E-state index in [9.17, 15) is 0 Å². The summed E-state index contributed by atoms with van der Waals surface area (Å²) in [6, 6.07) is 0.765. The predicted octanol–water partition coefficient (Wildman–Crippen LogP) is 3.12. The van der Waals surface area contributed by atoms with Crippen LogP contribution in [-0.2, 0) is 0 Å². The molecule has 5 atom stereocenters. The average molecular weight is 252 g/mol. The summed E-state index contributed by atoms with van der Waals surface area (Å²) in [4.78, 5) is 2.76. The van der Waals surface area contributed by atoms with Crippen molar-refractivity contribution in [1.29, 1.82) is 0 Å². The van der Waals surface area contributed by atoms with Gasteiger partial charge in [0.05, 0.1) is 0 Å². The van der Waals surface area contributed by atoms with Crippen molar-refractivity contribution in [2.45, 2.75) is 58.9 Å². The molecule has 0 amide bonds. The number of likely N-dealkylation sites (tertiary alicyclic amines) is 1. The molecule has 1 aliphatic heterocycles. The van der Waals surface area contributed by atoms with E-state index >= 15 is 0 Å². The number of piperidine rings is 1. The highest BCUT2D eigenvalue weighted by Gasteiger charge is 2.32. The number of nitrogens with two attached hydrogens (primary N) is 1. The van der Waals surface area contributed by atoms with Crippen LogP contribution >= 0.6 is 0 Å². The first-order chi connectivity index (χ1) is 8.61. The van der Waals surface area contributed by atoms with Crippen molar-refractivity contribution in [3.05, 3.63) is 0 Å². The van der Waals surface area contributed by atoms with E-state index in [4.69, 9.17) is 5.73 Å². The van der Waals surface area contributed by atoms with Crippen molar-refractivity contribution in [3.8, 4) is 0 Å². The quantitative estimate of drug-likeness (QED) is 0.836. The number of rotatable bonds is 3. The van der Waals surface area contributed by atoms with Gasteiger partial charge in [0.15, 0.2) is 0 Å². The lowest BCUT2D eigenvalue weighted by molar-refractivity contribution is 0.0463. The molecule has 0 bridgehead atoms. The van der Waals surface area contributed by atoms with E-state index in [1.54, 1.807) is 0 Å². The topological polar surface area (TPSA) is 29.3 Å². The zero-order chi connectivity index (χ0) is 13.1. The van der Waals surface area contributed by atoms with Gasteiger partial charge in [0.25, 0.3) is 0 Å². The van der Waals surface area contributed by atoms with Gasteiger partial charge in [0, 0.05) is 19.1 Å². The largest absolute Gasteiger partial charge is 0.330 e. The van der Waals surface area contributed by atoms with Gasteiger partial charge < -0.3 is 5.73 Å². The van der Waals surface area contributed by atoms with E-state index in [0.29, 0.717) is 0 Å². The molecule has 1 saturated heterocycles. The summed E-state index contributed by atoms with van der Waals surface area (Å²) in [5, 5.41) is 0. The summed E-state index contributed by atoms with van der Waals surface area (Å²) < 4.78 is 0. The fourth-order valence-corrected chi connectivity index (χ4v) is 4.21. The van der Waals surface area contributed by atoms with Gasteiger partial charge in [-0.3, -0.25) is 4.90 Å². The standard InChI is InChI=1S/C16H32N2/c1-12-8-13(2)14(3)18(10-12)11-16-7-5-4-6-15(16)9-17/h12-16H,4-11,17H2,1-3H3. The fourth-order valence-electron chi connectivity index (χ4n) is 4.21. The predicted molar refractivity (Wildman–Crippen MR) is 78.5 cm³/mol. The van der Waals surface area contributed by atoms with Crippen LogP contribution in [0.15, 0.2) is 0 Å². The van der Waals surface area contributed by atoms with Crippen molar-refractivity contribution in [3.63, 3.8) is 0 Å². The molecule has 1 aliphatic carbocycles.